The Labute approximate surface area is 165 Å². The number of thioether (sulfide) groups is 1. The molecule has 2 nitrogen and oxygen atoms in total. The lowest BCUT2D eigenvalue weighted by Crippen LogP contribution is -1.97. The van der Waals surface area contributed by atoms with Gasteiger partial charge < -0.3 is 4.74 Å². The summed E-state index contributed by atoms with van der Waals surface area (Å²) in [4.78, 5) is 5.97. The van der Waals surface area contributed by atoms with Gasteiger partial charge in [-0.15, -0.1) is 0 Å². The number of rotatable bonds is 6. The van der Waals surface area contributed by atoms with Crippen molar-refractivity contribution in [1.82, 2.24) is 0 Å². The Morgan fingerprint density at radius 1 is 0.889 bits per heavy atom. The van der Waals surface area contributed by atoms with Gasteiger partial charge in [0.2, 0.25) is 0 Å². The van der Waals surface area contributed by atoms with Crippen molar-refractivity contribution in [1.29, 1.82) is 0 Å². The second kappa shape index (κ2) is 9.79. The van der Waals surface area contributed by atoms with Crippen molar-refractivity contribution in [2.45, 2.75) is 25.2 Å². The molecule has 0 aliphatic heterocycles. The maximum absolute atomic E-state index is 5.87. The first-order chi connectivity index (χ1) is 13.2. The average molecular weight is 374 g/mol. The molecule has 3 aromatic carbocycles. The van der Waals surface area contributed by atoms with Gasteiger partial charge in [-0.2, -0.15) is 0 Å². The molecular weight excluding hydrogens is 350 g/mol. The van der Waals surface area contributed by atoms with E-state index in [2.05, 4.69) is 31.2 Å². The van der Waals surface area contributed by atoms with E-state index in [9.17, 15) is 0 Å². The lowest BCUT2D eigenvalue weighted by atomic mass is 10.2. The summed E-state index contributed by atoms with van der Waals surface area (Å²) in [5.41, 5.74) is 3.21. The summed E-state index contributed by atoms with van der Waals surface area (Å²) in [5, 5.41) is 0.914. The second-order valence-corrected chi connectivity index (χ2v) is 7.15. The molecule has 0 fully saturated rings. The van der Waals surface area contributed by atoms with Crippen LogP contribution in [0.15, 0.2) is 107 Å². The molecule has 0 spiro atoms. The highest BCUT2D eigenvalue weighted by atomic mass is 32.2. The topological polar surface area (TPSA) is 21.6 Å². The highest BCUT2D eigenvalue weighted by Gasteiger charge is 2.07. The maximum Gasteiger partial charge on any atom is 0.126 e. The molecule has 0 heterocycles. The number of aryl methyl sites for hydroxylation is 1. The number of para-hydroxylation sites is 1. The Morgan fingerprint density at radius 3 is 2.15 bits per heavy atom. The van der Waals surface area contributed by atoms with Gasteiger partial charge in [-0.05, 0) is 55.3 Å². The van der Waals surface area contributed by atoms with Gasteiger partial charge in [0.1, 0.15) is 10.8 Å². The van der Waals surface area contributed by atoms with Gasteiger partial charge in [-0.1, -0.05) is 67.2 Å². The summed E-state index contributed by atoms with van der Waals surface area (Å²) < 4.78 is 5.87. The van der Waals surface area contributed by atoms with Gasteiger partial charge in [0.05, 0.1) is 11.9 Å². The van der Waals surface area contributed by atoms with Crippen LogP contribution in [-0.2, 0) is 6.42 Å². The van der Waals surface area contributed by atoms with E-state index in [0.29, 0.717) is 0 Å². The molecule has 3 rings (SSSR count). The van der Waals surface area contributed by atoms with Crippen molar-refractivity contribution in [3.05, 3.63) is 102 Å². The van der Waals surface area contributed by atoms with Gasteiger partial charge in [0, 0.05) is 10.5 Å². The minimum absolute atomic E-state index is 0.829. The number of benzene rings is 3. The molecule has 3 heteroatoms. The molecule has 0 saturated carbocycles. The molecule has 136 valence electrons. The molecule has 0 unspecified atom stereocenters. The molecule has 27 heavy (non-hydrogen) atoms. The van der Waals surface area contributed by atoms with Crippen molar-refractivity contribution in [2.24, 2.45) is 4.99 Å². The Hall–Kier alpha value is -2.78. The Morgan fingerprint density at radius 2 is 1.52 bits per heavy atom. The molecule has 0 N–H and O–H groups in total. The lowest BCUT2D eigenvalue weighted by Gasteiger charge is -2.08. The molecule has 0 aromatic heterocycles. The van der Waals surface area contributed by atoms with Crippen molar-refractivity contribution in [3.8, 4) is 5.75 Å². The highest BCUT2D eigenvalue weighted by Crippen LogP contribution is 2.26. The smallest absolute Gasteiger partial charge is 0.126 e. The second-order valence-electron chi connectivity index (χ2n) is 6.08. The molecule has 0 aliphatic carbocycles. The third-order valence-corrected chi connectivity index (χ3v) is 5.10. The molecular formula is C24H23NOS. The number of hydrogen-bond acceptors (Lipinski definition) is 3. The first-order valence-electron chi connectivity index (χ1n) is 9.04. The van der Waals surface area contributed by atoms with Gasteiger partial charge in [-0.3, -0.25) is 0 Å². The van der Waals surface area contributed by atoms with Crippen LogP contribution in [-0.4, -0.2) is 5.04 Å². The van der Waals surface area contributed by atoms with Gasteiger partial charge in [-0.25, -0.2) is 4.99 Å². The summed E-state index contributed by atoms with van der Waals surface area (Å²) in [5.74, 6) is 0.829. The summed E-state index contributed by atoms with van der Waals surface area (Å²) >= 11 is 1.63. The molecule has 0 amide bonds. The highest BCUT2D eigenvalue weighted by molar-refractivity contribution is 8.14. The van der Waals surface area contributed by atoms with E-state index >= 15 is 0 Å². The zero-order valence-corrected chi connectivity index (χ0v) is 16.4. The first kappa shape index (κ1) is 19.0. The fraction of sp³-hybridized carbons (Fsp3) is 0.125. The van der Waals surface area contributed by atoms with Crippen LogP contribution in [0, 0.1) is 0 Å². The van der Waals surface area contributed by atoms with Gasteiger partial charge in [0.25, 0.3) is 0 Å². The molecule has 3 aromatic rings. The largest absolute Gasteiger partial charge is 0.465 e. The van der Waals surface area contributed by atoms with E-state index in [4.69, 9.17) is 9.73 Å². The van der Waals surface area contributed by atoms with Crippen LogP contribution in [0.3, 0.4) is 0 Å². The minimum Gasteiger partial charge on any atom is -0.465 e. The van der Waals surface area contributed by atoms with E-state index in [1.807, 2.05) is 67.6 Å². The van der Waals surface area contributed by atoms with Crippen LogP contribution >= 0.6 is 11.8 Å². The zero-order chi connectivity index (χ0) is 18.9. The standard InChI is InChI=1S/C24H23NOS/c1-3-20-14-16-22(17-15-20)26-18-19(2)24(25-21-10-6-4-7-11-21)27-23-12-8-5-9-13-23/h4-18H,3H2,1-2H3. The number of nitrogens with zero attached hydrogens (tertiary/aromatic N) is 1. The number of aliphatic imine (C=N–C) groups is 1. The fourth-order valence-corrected chi connectivity index (χ4v) is 3.30. The quantitative estimate of drug-likeness (QED) is 0.200. The predicted octanol–water partition coefficient (Wildman–Crippen LogP) is 7.05. The lowest BCUT2D eigenvalue weighted by molar-refractivity contribution is 0.478. The van der Waals surface area contributed by atoms with Crippen molar-refractivity contribution in [2.75, 3.05) is 0 Å². The molecule has 0 radical (unpaired) electrons. The van der Waals surface area contributed by atoms with Crippen LogP contribution in [0.5, 0.6) is 5.75 Å². The first-order valence-corrected chi connectivity index (χ1v) is 9.85. The Kier molecular flexibility index (Phi) is 6.89. The molecule has 0 atom stereocenters. The maximum atomic E-state index is 5.87. The van der Waals surface area contributed by atoms with E-state index in [0.717, 1.165) is 33.4 Å². The summed E-state index contributed by atoms with van der Waals surface area (Å²) in [7, 11) is 0. The van der Waals surface area contributed by atoms with Crippen molar-refractivity contribution >= 4 is 22.5 Å². The van der Waals surface area contributed by atoms with Crippen molar-refractivity contribution in [3.63, 3.8) is 0 Å². The van der Waals surface area contributed by atoms with E-state index in [1.165, 1.54) is 5.56 Å². The van der Waals surface area contributed by atoms with E-state index in [-0.39, 0.29) is 0 Å². The fourth-order valence-electron chi connectivity index (χ4n) is 2.42. The Bertz CT molecular complexity index is 900. The summed E-state index contributed by atoms with van der Waals surface area (Å²) in [6.07, 6.45) is 2.80. The third kappa shape index (κ3) is 5.87. The van der Waals surface area contributed by atoms with Crippen LogP contribution in [0.25, 0.3) is 0 Å². The zero-order valence-electron chi connectivity index (χ0n) is 15.6. The van der Waals surface area contributed by atoms with Crippen LogP contribution in [0.2, 0.25) is 0 Å². The Balaban J connectivity index is 1.82. The van der Waals surface area contributed by atoms with Gasteiger partial charge in [0.15, 0.2) is 0 Å². The minimum atomic E-state index is 0.829. The number of ether oxygens (including phenoxy) is 1. The van der Waals surface area contributed by atoms with Crippen LogP contribution < -0.4 is 4.74 Å². The summed E-state index contributed by atoms with van der Waals surface area (Å²) in [6, 6.07) is 28.4. The van der Waals surface area contributed by atoms with Gasteiger partial charge >= 0.3 is 0 Å². The van der Waals surface area contributed by atoms with Crippen LogP contribution in [0.4, 0.5) is 5.69 Å². The van der Waals surface area contributed by atoms with E-state index in [1.54, 1.807) is 18.0 Å². The number of hydrogen-bond donors (Lipinski definition) is 0. The molecule has 0 aliphatic rings. The molecule has 0 saturated heterocycles. The van der Waals surface area contributed by atoms with Crippen molar-refractivity contribution < 1.29 is 4.74 Å². The molecule has 0 bridgehead atoms. The van der Waals surface area contributed by atoms with Crippen LogP contribution in [0.1, 0.15) is 19.4 Å². The average Bonchev–Trinajstić information content (AvgIpc) is 2.73. The monoisotopic (exact) mass is 373 g/mol. The SMILES string of the molecule is CCc1ccc(OC=C(C)C(=Nc2ccccc2)Sc2ccccc2)cc1. The normalized spacial score (nSPS) is 12.1. The van der Waals surface area contributed by atoms with E-state index < -0.39 is 0 Å². The third-order valence-electron chi connectivity index (χ3n) is 3.99. The predicted molar refractivity (Wildman–Crippen MR) is 116 cm³/mol. The summed E-state index contributed by atoms with van der Waals surface area (Å²) in [6.45, 7) is 4.17.